The van der Waals surface area contributed by atoms with Crippen molar-refractivity contribution in [3.05, 3.63) is 54.6 Å². The first-order valence-electron chi connectivity index (χ1n) is 6.55. The molecule has 21 heavy (non-hydrogen) atoms. The van der Waals surface area contributed by atoms with Crippen molar-refractivity contribution in [2.24, 2.45) is 0 Å². The van der Waals surface area contributed by atoms with Gasteiger partial charge in [-0.15, -0.1) is 0 Å². The number of anilines is 2. The largest absolute Gasteiger partial charge is 0.466 e. The molecule has 2 aromatic rings. The van der Waals surface area contributed by atoms with Crippen LogP contribution in [0.4, 0.5) is 11.4 Å². The predicted molar refractivity (Wildman–Crippen MR) is 79.2 cm³/mol. The van der Waals surface area contributed by atoms with Gasteiger partial charge in [-0.25, -0.2) is 0 Å². The van der Waals surface area contributed by atoms with Gasteiger partial charge >= 0.3 is 0 Å². The van der Waals surface area contributed by atoms with Gasteiger partial charge < -0.3 is 15.4 Å². The van der Waals surface area contributed by atoms with Gasteiger partial charge in [0, 0.05) is 5.69 Å². The van der Waals surface area contributed by atoms with Crippen LogP contribution >= 0.6 is 0 Å². The van der Waals surface area contributed by atoms with E-state index in [9.17, 15) is 9.59 Å². The zero-order valence-electron chi connectivity index (χ0n) is 11.4. The second-order valence-electron chi connectivity index (χ2n) is 4.91. The van der Waals surface area contributed by atoms with E-state index in [0.29, 0.717) is 17.1 Å². The molecule has 0 saturated carbocycles. The molecule has 1 aliphatic rings. The lowest BCUT2D eigenvalue weighted by atomic mass is 10.0. The van der Waals surface area contributed by atoms with Crippen molar-refractivity contribution in [1.29, 1.82) is 0 Å². The Balaban J connectivity index is 1.87. The molecule has 5 nitrogen and oxygen atoms in total. The number of carbonyl (C=O) groups excluding carboxylic acids is 2. The van der Waals surface area contributed by atoms with Gasteiger partial charge in [0.05, 0.1) is 5.69 Å². The van der Waals surface area contributed by atoms with E-state index in [-0.39, 0.29) is 0 Å². The maximum atomic E-state index is 12.4. The second kappa shape index (κ2) is 4.94. The Hall–Kier alpha value is -2.82. The molecule has 1 unspecified atom stereocenters. The van der Waals surface area contributed by atoms with E-state index >= 15 is 0 Å². The van der Waals surface area contributed by atoms with Crippen molar-refractivity contribution in [3.63, 3.8) is 0 Å². The van der Waals surface area contributed by atoms with Crippen molar-refractivity contribution >= 4 is 23.2 Å². The van der Waals surface area contributed by atoms with Crippen molar-refractivity contribution < 1.29 is 14.3 Å². The molecule has 2 amide bonds. The van der Waals surface area contributed by atoms with Crippen molar-refractivity contribution in [2.45, 2.75) is 12.5 Å². The molecular weight excluding hydrogens is 268 g/mol. The summed E-state index contributed by atoms with van der Waals surface area (Å²) in [6.07, 6.45) is 0. The van der Waals surface area contributed by atoms with Gasteiger partial charge in [0.1, 0.15) is 5.75 Å². The highest BCUT2D eigenvalue weighted by molar-refractivity contribution is 6.18. The van der Waals surface area contributed by atoms with E-state index in [2.05, 4.69) is 10.6 Å². The van der Waals surface area contributed by atoms with Gasteiger partial charge in [0.25, 0.3) is 17.4 Å². The van der Waals surface area contributed by atoms with Gasteiger partial charge in [-0.3, -0.25) is 9.59 Å². The molecule has 2 aromatic carbocycles. The highest BCUT2D eigenvalue weighted by Gasteiger charge is 2.47. The van der Waals surface area contributed by atoms with E-state index < -0.39 is 17.4 Å². The van der Waals surface area contributed by atoms with Gasteiger partial charge in [-0.2, -0.15) is 0 Å². The maximum Gasteiger partial charge on any atom is 0.278 e. The van der Waals surface area contributed by atoms with Crippen LogP contribution in [-0.4, -0.2) is 17.4 Å². The summed E-state index contributed by atoms with van der Waals surface area (Å²) in [4.78, 5) is 24.6. The Morgan fingerprint density at radius 1 is 1.10 bits per heavy atom. The molecule has 5 heteroatoms. The first-order chi connectivity index (χ1) is 10.1. The zero-order valence-corrected chi connectivity index (χ0v) is 11.4. The zero-order chi connectivity index (χ0) is 14.9. The van der Waals surface area contributed by atoms with E-state index in [0.717, 1.165) is 0 Å². The fourth-order valence-corrected chi connectivity index (χ4v) is 2.09. The monoisotopic (exact) mass is 282 g/mol. The SMILES string of the molecule is CC1(C(=O)Nc2ccccc2)Oc2ccccc2NC1=O. The molecule has 3 rings (SSSR count). The molecule has 1 atom stereocenters. The Labute approximate surface area is 121 Å². The lowest BCUT2D eigenvalue weighted by Crippen LogP contribution is -2.56. The number of amides is 2. The van der Waals surface area contributed by atoms with Crippen LogP contribution in [0.25, 0.3) is 0 Å². The van der Waals surface area contributed by atoms with E-state index in [1.165, 1.54) is 6.92 Å². The number of rotatable bonds is 2. The average molecular weight is 282 g/mol. The molecular formula is C16H14N2O3. The van der Waals surface area contributed by atoms with Gasteiger partial charge in [-0.05, 0) is 31.2 Å². The third kappa shape index (κ3) is 2.33. The van der Waals surface area contributed by atoms with Gasteiger partial charge in [0.2, 0.25) is 0 Å². The quantitative estimate of drug-likeness (QED) is 0.831. The van der Waals surface area contributed by atoms with E-state index in [4.69, 9.17) is 4.74 Å². The number of hydrogen-bond donors (Lipinski definition) is 2. The summed E-state index contributed by atoms with van der Waals surface area (Å²) in [6.45, 7) is 1.45. The minimum Gasteiger partial charge on any atom is -0.466 e. The third-order valence-electron chi connectivity index (χ3n) is 3.35. The Morgan fingerprint density at radius 3 is 2.52 bits per heavy atom. The van der Waals surface area contributed by atoms with Crippen LogP contribution < -0.4 is 15.4 Å². The Kier molecular flexibility index (Phi) is 3.10. The third-order valence-corrected chi connectivity index (χ3v) is 3.35. The Morgan fingerprint density at radius 2 is 1.76 bits per heavy atom. The van der Waals surface area contributed by atoms with Crippen molar-refractivity contribution in [3.8, 4) is 5.75 Å². The van der Waals surface area contributed by atoms with Gasteiger partial charge in [0.15, 0.2) is 0 Å². The molecule has 0 aromatic heterocycles. The normalized spacial score (nSPS) is 20.0. The molecule has 0 bridgehead atoms. The lowest BCUT2D eigenvalue weighted by Gasteiger charge is -2.33. The summed E-state index contributed by atoms with van der Waals surface area (Å²) >= 11 is 0. The van der Waals surface area contributed by atoms with Crippen LogP contribution in [0, 0.1) is 0 Å². The van der Waals surface area contributed by atoms with Crippen LogP contribution in [-0.2, 0) is 9.59 Å². The molecule has 0 radical (unpaired) electrons. The Bertz CT molecular complexity index is 700. The summed E-state index contributed by atoms with van der Waals surface area (Å²) in [5.74, 6) is -0.529. The maximum absolute atomic E-state index is 12.4. The number of nitrogens with one attached hydrogen (secondary N) is 2. The molecule has 2 N–H and O–H groups in total. The number of benzene rings is 2. The number of hydrogen-bond acceptors (Lipinski definition) is 3. The summed E-state index contributed by atoms with van der Waals surface area (Å²) in [5, 5.41) is 5.38. The highest BCUT2D eigenvalue weighted by atomic mass is 16.5. The predicted octanol–water partition coefficient (Wildman–Crippen LogP) is 2.41. The molecule has 1 aliphatic heterocycles. The molecule has 106 valence electrons. The van der Waals surface area contributed by atoms with E-state index in [1.807, 2.05) is 6.07 Å². The topological polar surface area (TPSA) is 67.4 Å². The van der Waals surface area contributed by atoms with Gasteiger partial charge in [-0.1, -0.05) is 30.3 Å². The summed E-state index contributed by atoms with van der Waals surface area (Å²) in [7, 11) is 0. The molecule has 0 aliphatic carbocycles. The molecule has 1 heterocycles. The molecule has 0 spiro atoms. The van der Waals surface area contributed by atoms with Crippen LogP contribution in [0.3, 0.4) is 0 Å². The first kappa shape index (κ1) is 13.2. The van der Waals surface area contributed by atoms with Crippen molar-refractivity contribution in [1.82, 2.24) is 0 Å². The lowest BCUT2D eigenvalue weighted by molar-refractivity contribution is -0.143. The summed E-state index contributed by atoms with van der Waals surface area (Å²) < 4.78 is 5.64. The van der Waals surface area contributed by atoms with Crippen LogP contribution in [0.5, 0.6) is 5.75 Å². The fourth-order valence-electron chi connectivity index (χ4n) is 2.09. The number of ether oxygens (including phenoxy) is 1. The minimum absolute atomic E-state index is 0.475. The number of carbonyl (C=O) groups is 2. The standard InChI is InChI=1S/C16H14N2O3/c1-16(14(19)17-11-7-3-2-4-8-11)15(20)18-12-9-5-6-10-13(12)21-16/h2-10H,1H3,(H,17,19)(H,18,20). The number of fused-ring (bicyclic) bond motifs is 1. The summed E-state index contributed by atoms with van der Waals surface area (Å²) in [5.41, 5.74) is -0.434. The van der Waals surface area contributed by atoms with Crippen LogP contribution in [0.15, 0.2) is 54.6 Å². The first-order valence-corrected chi connectivity index (χ1v) is 6.55. The van der Waals surface area contributed by atoms with Crippen LogP contribution in [0.2, 0.25) is 0 Å². The van der Waals surface area contributed by atoms with Crippen molar-refractivity contribution in [2.75, 3.05) is 10.6 Å². The smallest absolute Gasteiger partial charge is 0.278 e. The molecule has 0 saturated heterocycles. The number of para-hydroxylation sites is 3. The van der Waals surface area contributed by atoms with Crippen LogP contribution in [0.1, 0.15) is 6.92 Å². The second-order valence-corrected chi connectivity index (χ2v) is 4.91. The highest BCUT2D eigenvalue weighted by Crippen LogP contribution is 2.33. The summed E-state index contributed by atoms with van der Waals surface area (Å²) in [6, 6.07) is 15.9. The van der Waals surface area contributed by atoms with E-state index in [1.54, 1.807) is 48.5 Å². The average Bonchev–Trinajstić information content (AvgIpc) is 2.49. The fraction of sp³-hybridized carbons (Fsp3) is 0.125. The molecule has 0 fully saturated rings. The minimum atomic E-state index is -1.61.